The highest BCUT2D eigenvalue weighted by Gasteiger charge is 2.30. The predicted molar refractivity (Wildman–Crippen MR) is 139 cm³/mol. The Morgan fingerprint density at radius 2 is 1.03 bits per heavy atom. The Morgan fingerprint density at radius 1 is 0.697 bits per heavy atom. The van der Waals surface area contributed by atoms with Gasteiger partial charge in [-0.25, -0.2) is 0 Å². The summed E-state index contributed by atoms with van der Waals surface area (Å²) in [5.41, 5.74) is 0. The number of carbonyl (C=O) groups is 2. The summed E-state index contributed by atoms with van der Waals surface area (Å²) in [6.07, 6.45) is 4.35. The minimum atomic E-state index is -2.13. The van der Waals surface area contributed by atoms with E-state index in [2.05, 4.69) is 25.7 Å². The monoisotopic (exact) mass is 505 g/mol. The second-order valence-corrected chi connectivity index (χ2v) is 16.5. The molecule has 0 rings (SSSR count). The van der Waals surface area contributed by atoms with Crippen LogP contribution >= 0.6 is 0 Å². The average molecular weight is 506 g/mol. The maximum atomic E-state index is 12.9. The van der Waals surface area contributed by atoms with Crippen molar-refractivity contribution in [3.8, 4) is 0 Å². The fourth-order valence-electron chi connectivity index (χ4n) is 4.02. The molecule has 9 heteroatoms. The van der Waals surface area contributed by atoms with Gasteiger partial charge in [0.1, 0.15) is 11.6 Å². The molecule has 0 aliphatic carbocycles. The molecule has 0 aromatic carbocycles. The summed E-state index contributed by atoms with van der Waals surface area (Å²) in [6, 6.07) is 1.64. The van der Waals surface area contributed by atoms with E-state index in [1.807, 2.05) is 13.1 Å². The molecule has 0 fully saturated rings. The zero-order chi connectivity index (χ0) is 25.5. The fourth-order valence-corrected chi connectivity index (χ4v) is 6.81. The quantitative estimate of drug-likeness (QED) is 0.208. The van der Waals surface area contributed by atoms with E-state index in [-0.39, 0.29) is 11.8 Å². The second kappa shape index (κ2) is 17.1. The Balaban J connectivity index is 4.77. The first-order chi connectivity index (χ1) is 15.6. The van der Waals surface area contributed by atoms with E-state index < -0.39 is 17.1 Å². The Kier molecular flexibility index (Phi) is 16.9. The van der Waals surface area contributed by atoms with Gasteiger partial charge in [0.25, 0.3) is 0 Å². The summed E-state index contributed by atoms with van der Waals surface area (Å²) in [5, 5.41) is 0. The third-order valence-electron chi connectivity index (χ3n) is 7.14. The molecule has 0 aliphatic rings. The number of carbonyl (C=O) groups excluding carboxylic acids is 2. The van der Waals surface area contributed by atoms with Gasteiger partial charge in [0.2, 0.25) is 0 Å². The smallest absolute Gasteiger partial charge is 0.334 e. The molecule has 0 bridgehead atoms. The van der Waals surface area contributed by atoms with Crippen molar-refractivity contribution in [2.75, 3.05) is 48.1 Å². The van der Waals surface area contributed by atoms with Crippen molar-refractivity contribution < 1.29 is 27.3 Å². The van der Waals surface area contributed by atoms with E-state index in [9.17, 15) is 9.59 Å². The van der Waals surface area contributed by atoms with Crippen LogP contribution in [0.2, 0.25) is 25.2 Å². The number of hydrogen-bond acceptors (Lipinski definition) is 7. The van der Waals surface area contributed by atoms with Crippen LogP contribution in [0.1, 0.15) is 59.3 Å². The molecule has 0 aromatic heterocycles. The molecule has 2 atom stereocenters. The molecule has 0 saturated carbocycles. The summed E-state index contributed by atoms with van der Waals surface area (Å²) in [6.45, 7) is 12.6. The van der Waals surface area contributed by atoms with Gasteiger partial charge < -0.3 is 22.6 Å². The molecule has 2 unspecified atom stereocenters. The van der Waals surface area contributed by atoms with Gasteiger partial charge in [0.15, 0.2) is 0 Å². The van der Waals surface area contributed by atoms with Gasteiger partial charge in [-0.05, 0) is 57.4 Å². The zero-order valence-electron chi connectivity index (χ0n) is 22.8. The molecule has 0 heterocycles. The molecule has 0 spiro atoms. The summed E-state index contributed by atoms with van der Waals surface area (Å²) < 4.78 is 22.1. The molecule has 196 valence electrons. The molecule has 0 saturated heterocycles. The predicted octanol–water partition coefficient (Wildman–Crippen LogP) is 4.79. The lowest BCUT2D eigenvalue weighted by Crippen LogP contribution is -2.39. The molecule has 0 N–H and O–H groups in total. The number of Topliss-reactive ketones (excluding diaryl/α,β-unsaturated/α-hetero) is 2. The van der Waals surface area contributed by atoms with Crippen LogP contribution in [0.25, 0.3) is 0 Å². The molecule has 0 aromatic rings. The van der Waals surface area contributed by atoms with E-state index >= 15 is 0 Å². The first-order valence-electron chi connectivity index (χ1n) is 12.6. The van der Waals surface area contributed by atoms with Gasteiger partial charge in [-0.2, -0.15) is 0 Å². The van der Waals surface area contributed by atoms with Crippen molar-refractivity contribution in [1.82, 2.24) is 4.90 Å². The third-order valence-corrected chi connectivity index (χ3v) is 13.1. The van der Waals surface area contributed by atoms with Crippen LogP contribution in [-0.2, 0) is 27.3 Å². The normalized spacial score (nSPS) is 14.5. The van der Waals surface area contributed by atoms with Crippen molar-refractivity contribution in [2.24, 2.45) is 11.8 Å². The molecule has 7 nitrogen and oxygen atoms in total. The van der Waals surface area contributed by atoms with Crippen molar-refractivity contribution in [2.45, 2.75) is 84.5 Å². The molecule has 33 heavy (non-hydrogen) atoms. The lowest BCUT2D eigenvalue weighted by atomic mass is 9.94. The van der Waals surface area contributed by atoms with Crippen molar-refractivity contribution in [3.63, 3.8) is 0 Å². The van der Waals surface area contributed by atoms with Crippen molar-refractivity contribution >= 4 is 28.7 Å². The minimum Gasteiger partial charge on any atom is -0.398 e. The van der Waals surface area contributed by atoms with Crippen LogP contribution in [0.15, 0.2) is 0 Å². The zero-order valence-corrected chi connectivity index (χ0v) is 24.8. The van der Waals surface area contributed by atoms with Crippen LogP contribution < -0.4 is 0 Å². The fraction of sp³-hybridized carbons (Fsp3) is 0.917. The van der Waals surface area contributed by atoms with E-state index in [1.165, 1.54) is 0 Å². The SMILES string of the molecule is CCC(CN(CC)CC(CC)C(=O)CCC[Si](C)(OC)OC)C(=O)CCC[Si](C)(OC)OC. The summed E-state index contributed by atoms with van der Waals surface area (Å²) in [7, 11) is 2.49. The summed E-state index contributed by atoms with van der Waals surface area (Å²) in [5.74, 6) is 0.626. The van der Waals surface area contributed by atoms with Crippen LogP contribution in [-0.4, -0.2) is 81.7 Å². The lowest BCUT2D eigenvalue weighted by molar-refractivity contribution is -0.124. The highest BCUT2D eigenvalue weighted by molar-refractivity contribution is 6.66. The standard InChI is InChI=1S/C24H51NO6Si2/c1-10-21(23(26)15-13-17-32(8,28-4)29-5)19-25(12-3)20-22(11-2)24(27)16-14-18-33(9,30-6)31-7/h21-22H,10-20H2,1-9H3. The van der Waals surface area contributed by atoms with E-state index in [1.54, 1.807) is 28.4 Å². The Hall–Kier alpha value is -0.426. The van der Waals surface area contributed by atoms with Gasteiger partial charge >= 0.3 is 17.1 Å². The molecule has 0 aliphatic heterocycles. The maximum absolute atomic E-state index is 12.9. The third kappa shape index (κ3) is 12.2. The van der Waals surface area contributed by atoms with Gasteiger partial charge in [0, 0.05) is 66.2 Å². The van der Waals surface area contributed by atoms with Gasteiger partial charge in [-0.15, -0.1) is 0 Å². The molecular formula is C24H51NO6Si2. The van der Waals surface area contributed by atoms with Crippen molar-refractivity contribution in [3.05, 3.63) is 0 Å². The number of rotatable bonds is 21. The van der Waals surface area contributed by atoms with Crippen LogP contribution in [0, 0.1) is 11.8 Å². The van der Waals surface area contributed by atoms with Crippen LogP contribution in [0.5, 0.6) is 0 Å². The Bertz CT molecular complexity index is 509. The molecular weight excluding hydrogens is 454 g/mol. The first kappa shape index (κ1) is 32.6. The number of ketones is 2. The topological polar surface area (TPSA) is 74.3 Å². The Labute approximate surface area is 205 Å². The minimum absolute atomic E-state index is 0.00526. The van der Waals surface area contributed by atoms with Crippen LogP contribution in [0.3, 0.4) is 0 Å². The highest BCUT2D eigenvalue weighted by Crippen LogP contribution is 2.21. The van der Waals surface area contributed by atoms with E-state index in [0.717, 1.165) is 57.4 Å². The summed E-state index contributed by atoms with van der Waals surface area (Å²) >= 11 is 0. The molecule has 0 radical (unpaired) electrons. The number of hydrogen-bond donors (Lipinski definition) is 0. The van der Waals surface area contributed by atoms with Crippen molar-refractivity contribution in [1.29, 1.82) is 0 Å². The van der Waals surface area contributed by atoms with Gasteiger partial charge in [-0.1, -0.05) is 20.8 Å². The maximum Gasteiger partial charge on any atom is 0.334 e. The van der Waals surface area contributed by atoms with Crippen LogP contribution in [0.4, 0.5) is 0 Å². The van der Waals surface area contributed by atoms with E-state index in [0.29, 0.717) is 24.4 Å². The Morgan fingerprint density at radius 3 is 1.27 bits per heavy atom. The largest absolute Gasteiger partial charge is 0.398 e. The average Bonchev–Trinajstić information content (AvgIpc) is 2.83. The molecule has 0 amide bonds. The van der Waals surface area contributed by atoms with E-state index in [4.69, 9.17) is 17.7 Å². The summed E-state index contributed by atoms with van der Waals surface area (Å²) in [4.78, 5) is 28.1. The van der Waals surface area contributed by atoms with Gasteiger partial charge in [0.05, 0.1) is 0 Å². The first-order valence-corrected chi connectivity index (χ1v) is 17.6. The van der Waals surface area contributed by atoms with Gasteiger partial charge in [-0.3, -0.25) is 9.59 Å². The highest BCUT2D eigenvalue weighted by atomic mass is 28.4. The number of nitrogens with zero attached hydrogens (tertiary/aromatic N) is 1. The lowest BCUT2D eigenvalue weighted by Gasteiger charge is -2.29. The second-order valence-electron chi connectivity index (χ2n) is 9.29.